The van der Waals surface area contributed by atoms with Crippen molar-refractivity contribution in [2.75, 3.05) is 21.8 Å². The van der Waals surface area contributed by atoms with Crippen LogP contribution in [0.15, 0.2) is 18.2 Å². The molecule has 18 heavy (non-hydrogen) atoms. The summed E-state index contributed by atoms with van der Waals surface area (Å²) in [6.45, 7) is 0. The molecule has 3 nitrogen and oxygen atoms in total. The van der Waals surface area contributed by atoms with Crippen molar-refractivity contribution in [3.63, 3.8) is 0 Å². The summed E-state index contributed by atoms with van der Waals surface area (Å²) in [5, 5.41) is 2.55. The van der Waals surface area contributed by atoms with E-state index < -0.39 is 11.7 Å². The van der Waals surface area contributed by atoms with Gasteiger partial charge in [0, 0.05) is 5.75 Å². The minimum atomic E-state index is -4.39. The number of nitrogens with one attached hydrogen (secondary N) is 1. The maximum Gasteiger partial charge on any atom is 0.416 e. The Balaban J connectivity index is 2.05. The first-order chi connectivity index (χ1) is 8.47. The highest BCUT2D eigenvalue weighted by Crippen LogP contribution is 2.40. The third-order valence-corrected chi connectivity index (χ3v) is 4.09. The van der Waals surface area contributed by atoms with E-state index in [1.807, 2.05) is 4.90 Å². The lowest BCUT2D eigenvalue weighted by Gasteiger charge is -2.32. The first-order valence-electron chi connectivity index (χ1n) is 5.33. The van der Waals surface area contributed by atoms with Crippen molar-refractivity contribution >= 4 is 29.0 Å². The van der Waals surface area contributed by atoms with E-state index in [9.17, 15) is 18.0 Å². The molecule has 1 aromatic carbocycles. The number of nitrogens with zero attached hydrogens (tertiary/aromatic N) is 1. The number of thioether (sulfide) groups is 1. The second-order valence-corrected chi connectivity index (χ2v) is 5.20. The minimum Gasteiger partial charge on any atom is -0.348 e. The number of halogens is 3. The third-order valence-electron chi connectivity index (χ3n) is 3.08. The van der Waals surface area contributed by atoms with Gasteiger partial charge in [-0.15, -0.1) is 11.8 Å². The van der Waals surface area contributed by atoms with E-state index in [2.05, 4.69) is 5.32 Å². The van der Waals surface area contributed by atoms with Gasteiger partial charge in [0.2, 0.25) is 5.91 Å². The topological polar surface area (TPSA) is 32.3 Å². The number of hydrogen-bond donors (Lipinski definition) is 1. The van der Waals surface area contributed by atoms with Gasteiger partial charge in [0.05, 0.1) is 22.8 Å². The van der Waals surface area contributed by atoms with E-state index in [4.69, 9.17) is 0 Å². The SMILES string of the molecule is O=C1Nc2cc(C(F)(F)F)ccc2N2CSC[C@@H]12. The summed E-state index contributed by atoms with van der Waals surface area (Å²) in [5.41, 5.74) is 0.165. The number of rotatable bonds is 0. The summed E-state index contributed by atoms with van der Waals surface area (Å²) >= 11 is 1.60. The first kappa shape index (κ1) is 11.7. The average molecular weight is 274 g/mol. The molecule has 1 fully saturated rings. The summed E-state index contributed by atoms with van der Waals surface area (Å²) < 4.78 is 37.8. The Morgan fingerprint density at radius 3 is 2.89 bits per heavy atom. The molecule has 96 valence electrons. The van der Waals surface area contributed by atoms with Crippen LogP contribution in [-0.2, 0) is 11.0 Å². The van der Waals surface area contributed by atoms with E-state index in [1.165, 1.54) is 6.07 Å². The Morgan fingerprint density at radius 1 is 1.39 bits per heavy atom. The van der Waals surface area contributed by atoms with Gasteiger partial charge < -0.3 is 10.2 Å². The van der Waals surface area contributed by atoms with Crippen LogP contribution in [0, 0.1) is 0 Å². The number of carbonyl (C=O) groups is 1. The molecule has 3 rings (SSSR count). The summed E-state index contributed by atoms with van der Waals surface area (Å²) in [7, 11) is 0. The molecule has 0 aromatic heterocycles. The highest BCUT2D eigenvalue weighted by atomic mass is 32.2. The van der Waals surface area contributed by atoms with Gasteiger partial charge in [0.15, 0.2) is 0 Å². The van der Waals surface area contributed by atoms with Crippen molar-refractivity contribution in [3.05, 3.63) is 23.8 Å². The largest absolute Gasteiger partial charge is 0.416 e. The van der Waals surface area contributed by atoms with Crippen LogP contribution in [0.5, 0.6) is 0 Å². The third kappa shape index (κ3) is 1.73. The van der Waals surface area contributed by atoms with Gasteiger partial charge >= 0.3 is 6.18 Å². The van der Waals surface area contributed by atoms with E-state index in [0.29, 0.717) is 17.3 Å². The van der Waals surface area contributed by atoms with Crippen molar-refractivity contribution < 1.29 is 18.0 Å². The quantitative estimate of drug-likeness (QED) is 0.789. The summed E-state index contributed by atoms with van der Waals surface area (Å²) in [6.07, 6.45) is -4.39. The highest BCUT2D eigenvalue weighted by molar-refractivity contribution is 7.99. The monoisotopic (exact) mass is 274 g/mol. The lowest BCUT2D eigenvalue weighted by atomic mass is 10.1. The van der Waals surface area contributed by atoms with Gasteiger partial charge in [-0.2, -0.15) is 13.2 Å². The molecular formula is C11H9F3N2OS. The Labute approximate surface area is 105 Å². The van der Waals surface area contributed by atoms with Crippen LogP contribution in [0.1, 0.15) is 5.56 Å². The predicted molar refractivity (Wildman–Crippen MR) is 63.7 cm³/mol. The zero-order chi connectivity index (χ0) is 12.9. The molecule has 2 aliphatic heterocycles. The minimum absolute atomic E-state index is 0.230. The molecule has 0 unspecified atom stereocenters. The maximum atomic E-state index is 12.6. The fraction of sp³-hybridized carbons (Fsp3) is 0.364. The van der Waals surface area contributed by atoms with Crippen LogP contribution >= 0.6 is 11.8 Å². The molecule has 1 saturated heterocycles. The van der Waals surface area contributed by atoms with E-state index in [1.54, 1.807) is 11.8 Å². The summed E-state index contributed by atoms with van der Waals surface area (Å²) in [5.74, 6) is 1.08. The smallest absolute Gasteiger partial charge is 0.348 e. The number of hydrogen-bond acceptors (Lipinski definition) is 3. The Morgan fingerprint density at radius 2 is 2.17 bits per heavy atom. The second-order valence-electron chi connectivity index (χ2n) is 4.20. The summed E-state index contributed by atoms with van der Waals surface area (Å²) in [4.78, 5) is 13.6. The maximum absolute atomic E-state index is 12.6. The number of amides is 1. The number of carbonyl (C=O) groups excluding carboxylic acids is 1. The summed E-state index contributed by atoms with van der Waals surface area (Å²) in [6, 6.07) is 3.21. The van der Waals surface area contributed by atoms with Crippen molar-refractivity contribution in [1.29, 1.82) is 0 Å². The molecule has 1 aromatic rings. The molecule has 1 atom stereocenters. The zero-order valence-corrected chi connectivity index (χ0v) is 9.94. The molecule has 2 aliphatic rings. The Kier molecular flexibility index (Phi) is 2.48. The van der Waals surface area contributed by atoms with Gasteiger partial charge in [0.1, 0.15) is 6.04 Å². The van der Waals surface area contributed by atoms with Crippen LogP contribution in [-0.4, -0.2) is 23.6 Å². The molecule has 0 saturated carbocycles. The van der Waals surface area contributed by atoms with E-state index >= 15 is 0 Å². The Hall–Kier alpha value is -1.37. The number of anilines is 2. The molecule has 0 bridgehead atoms. The normalized spacial score (nSPS) is 22.5. The standard InChI is InChI=1S/C11H9F3N2OS/c12-11(13,14)6-1-2-8-7(3-6)15-10(17)9-4-18-5-16(8)9/h1-3,9H,4-5H2,(H,15,17)/t9-/m0/s1. The Bertz CT molecular complexity index is 518. The molecule has 7 heteroatoms. The van der Waals surface area contributed by atoms with Crippen molar-refractivity contribution in [1.82, 2.24) is 0 Å². The van der Waals surface area contributed by atoms with Gasteiger partial charge in [-0.05, 0) is 18.2 Å². The molecular weight excluding hydrogens is 265 g/mol. The van der Waals surface area contributed by atoms with Gasteiger partial charge in [-0.3, -0.25) is 4.79 Å². The fourth-order valence-corrected chi connectivity index (χ4v) is 3.35. The average Bonchev–Trinajstić information content (AvgIpc) is 2.77. The van der Waals surface area contributed by atoms with Crippen molar-refractivity contribution in [3.8, 4) is 0 Å². The number of alkyl halides is 3. The second kappa shape index (κ2) is 3.81. The lowest BCUT2D eigenvalue weighted by Crippen LogP contribution is -2.45. The van der Waals surface area contributed by atoms with E-state index in [-0.39, 0.29) is 17.6 Å². The highest BCUT2D eigenvalue weighted by Gasteiger charge is 2.38. The van der Waals surface area contributed by atoms with Crippen LogP contribution in [0.2, 0.25) is 0 Å². The lowest BCUT2D eigenvalue weighted by molar-refractivity contribution is -0.137. The molecule has 0 spiro atoms. The van der Waals surface area contributed by atoms with Crippen molar-refractivity contribution in [2.45, 2.75) is 12.2 Å². The van der Waals surface area contributed by atoms with Gasteiger partial charge in [0.25, 0.3) is 0 Å². The predicted octanol–water partition coefficient (Wildman–Crippen LogP) is 2.54. The fourth-order valence-electron chi connectivity index (χ4n) is 2.18. The van der Waals surface area contributed by atoms with Crippen LogP contribution < -0.4 is 10.2 Å². The molecule has 0 aliphatic carbocycles. The van der Waals surface area contributed by atoms with Crippen LogP contribution in [0.4, 0.5) is 24.5 Å². The van der Waals surface area contributed by atoms with E-state index in [0.717, 1.165) is 12.1 Å². The first-order valence-corrected chi connectivity index (χ1v) is 6.49. The molecule has 2 heterocycles. The zero-order valence-electron chi connectivity index (χ0n) is 9.12. The molecule has 1 N–H and O–H groups in total. The molecule has 1 amide bonds. The van der Waals surface area contributed by atoms with Crippen molar-refractivity contribution in [2.24, 2.45) is 0 Å². The number of fused-ring (bicyclic) bond motifs is 3. The molecule has 0 radical (unpaired) electrons. The van der Waals surface area contributed by atoms with Crippen LogP contribution in [0.25, 0.3) is 0 Å². The number of benzene rings is 1. The van der Waals surface area contributed by atoms with Gasteiger partial charge in [-0.25, -0.2) is 0 Å². The van der Waals surface area contributed by atoms with Gasteiger partial charge in [-0.1, -0.05) is 0 Å². The van der Waals surface area contributed by atoms with Crippen LogP contribution in [0.3, 0.4) is 0 Å².